The van der Waals surface area contributed by atoms with Gasteiger partial charge in [-0.05, 0) is 17.5 Å². The predicted octanol–water partition coefficient (Wildman–Crippen LogP) is 2.05. The van der Waals surface area contributed by atoms with Gasteiger partial charge in [-0.1, -0.05) is 24.3 Å². The maximum Gasteiger partial charge on any atom is 0.261 e. The molecule has 0 saturated carbocycles. The molecule has 2 rings (SSSR count). The summed E-state index contributed by atoms with van der Waals surface area (Å²) in [7, 11) is 0. The van der Waals surface area contributed by atoms with E-state index in [1.165, 1.54) is 11.3 Å². The van der Waals surface area contributed by atoms with Gasteiger partial charge in [0.15, 0.2) is 0 Å². The number of carbonyl (C=O) groups is 1. The molecule has 0 radical (unpaired) electrons. The van der Waals surface area contributed by atoms with Crippen molar-refractivity contribution in [3.63, 3.8) is 0 Å². The van der Waals surface area contributed by atoms with Crippen molar-refractivity contribution in [2.24, 2.45) is 0 Å². The molecule has 1 aromatic heterocycles. The van der Waals surface area contributed by atoms with Gasteiger partial charge in [-0.2, -0.15) is 0 Å². The Bertz CT molecular complexity index is 525. The number of thiophene rings is 1. The molecule has 0 aliphatic heterocycles. The summed E-state index contributed by atoms with van der Waals surface area (Å²) in [5.74, 6) is 0.593. The van der Waals surface area contributed by atoms with E-state index in [2.05, 4.69) is 5.32 Å². The first kappa shape index (κ1) is 13.6. The number of benzene rings is 1. The Morgan fingerprint density at radius 1 is 1.26 bits per heavy atom. The van der Waals surface area contributed by atoms with Crippen LogP contribution in [0.2, 0.25) is 0 Å². The van der Waals surface area contributed by atoms with Crippen LogP contribution in [0.1, 0.15) is 15.2 Å². The Morgan fingerprint density at radius 3 is 2.84 bits per heavy atom. The molecule has 5 heteroatoms. The van der Waals surface area contributed by atoms with Crippen LogP contribution < -0.4 is 10.1 Å². The third kappa shape index (κ3) is 3.81. The SMILES string of the molecule is O=C(NCc1ccccc1OCCO)c1cccs1. The highest BCUT2D eigenvalue weighted by Crippen LogP contribution is 2.18. The number of hydrogen-bond donors (Lipinski definition) is 2. The van der Waals surface area contributed by atoms with E-state index in [1.807, 2.05) is 35.7 Å². The highest BCUT2D eigenvalue weighted by Gasteiger charge is 2.08. The van der Waals surface area contributed by atoms with Gasteiger partial charge >= 0.3 is 0 Å². The summed E-state index contributed by atoms with van der Waals surface area (Å²) in [5, 5.41) is 13.5. The molecule has 0 spiro atoms. The Balaban J connectivity index is 1.97. The van der Waals surface area contributed by atoms with Crippen molar-refractivity contribution in [1.82, 2.24) is 5.32 Å². The van der Waals surface area contributed by atoms with E-state index in [1.54, 1.807) is 6.07 Å². The van der Waals surface area contributed by atoms with Crippen molar-refractivity contribution < 1.29 is 14.6 Å². The number of aliphatic hydroxyl groups excluding tert-OH is 1. The second-order valence-corrected chi connectivity index (χ2v) is 4.79. The first-order chi connectivity index (χ1) is 9.31. The minimum Gasteiger partial charge on any atom is -0.491 e. The van der Waals surface area contributed by atoms with Crippen LogP contribution in [0.15, 0.2) is 41.8 Å². The van der Waals surface area contributed by atoms with Crippen molar-refractivity contribution in [3.05, 3.63) is 52.2 Å². The van der Waals surface area contributed by atoms with Gasteiger partial charge in [0.1, 0.15) is 12.4 Å². The highest BCUT2D eigenvalue weighted by atomic mass is 32.1. The summed E-state index contributed by atoms with van der Waals surface area (Å²) >= 11 is 1.41. The monoisotopic (exact) mass is 277 g/mol. The predicted molar refractivity (Wildman–Crippen MR) is 74.5 cm³/mol. The molecular formula is C14H15NO3S. The Labute approximate surface area is 115 Å². The second-order valence-electron chi connectivity index (χ2n) is 3.84. The fourth-order valence-corrected chi connectivity index (χ4v) is 2.26. The fourth-order valence-electron chi connectivity index (χ4n) is 1.62. The molecule has 1 heterocycles. The van der Waals surface area contributed by atoms with E-state index >= 15 is 0 Å². The Morgan fingerprint density at radius 2 is 2.11 bits per heavy atom. The summed E-state index contributed by atoms with van der Waals surface area (Å²) in [6, 6.07) is 11.1. The maximum absolute atomic E-state index is 11.8. The number of amides is 1. The number of para-hydroxylation sites is 1. The summed E-state index contributed by atoms with van der Waals surface area (Å²) in [4.78, 5) is 12.5. The smallest absolute Gasteiger partial charge is 0.261 e. The molecule has 0 unspecified atom stereocenters. The van der Waals surface area contributed by atoms with Crippen LogP contribution in [-0.4, -0.2) is 24.2 Å². The maximum atomic E-state index is 11.8. The molecule has 0 aliphatic carbocycles. The lowest BCUT2D eigenvalue weighted by atomic mass is 10.2. The quantitative estimate of drug-likeness (QED) is 0.849. The van der Waals surface area contributed by atoms with Crippen LogP contribution in [0.3, 0.4) is 0 Å². The van der Waals surface area contributed by atoms with Gasteiger partial charge in [0.2, 0.25) is 0 Å². The Kier molecular flexibility index (Phi) is 4.94. The van der Waals surface area contributed by atoms with E-state index < -0.39 is 0 Å². The van der Waals surface area contributed by atoms with Gasteiger partial charge in [0.25, 0.3) is 5.91 Å². The number of carbonyl (C=O) groups excluding carboxylic acids is 1. The van der Waals surface area contributed by atoms with Gasteiger partial charge in [-0.15, -0.1) is 11.3 Å². The van der Waals surface area contributed by atoms with Gasteiger partial charge in [-0.3, -0.25) is 4.79 Å². The Hall–Kier alpha value is -1.85. The zero-order valence-corrected chi connectivity index (χ0v) is 11.2. The third-order valence-electron chi connectivity index (χ3n) is 2.51. The topological polar surface area (TPSA) is 58.6 Å². The molecule has 0 fully saturated rings. The van der Waals surface area contributed by atoms with E-state index in [9.17, 15) is 4.79 Å². The summed E-state index contributed by atoms with van der Waals surface area (Å²) in [6.45, 7) is 0.615. The minimum absolute atomic E-state index is 0.0319. The van der Waals surface area contributed by atoms with Crippen LogP contribution in [0, 0.1) is 0 Å². The van der Waals surface area contributed by atoms with E-state index in [0.717, 1.165) is 5.56 Å². The van der Waals surface area contributed by atoms with Gasteiger partial charge in [-0.25, -0.2) is 0 Å². The number of ether oxygens (including phenoxy) is 1. The van der Waals surface area contributed by atoms with E-state index in [4.69, 9.17) is 9.84 Å². The van der Waals surface area contributed by atoms with Crippen molar-refractivity contribution in [2.75, 3.05) is 13.2 Å². The zero-order valence-electron chi connectivity index (χ0n) is 10.3. The number of rotatable bonds is 6. The average Bonchev–Trinajstić information content (AvgIpc) is 2.97. The van der Waals surface area contributed by atoms with Crippen LogP contribution in [0.5, 0.6) is 5.75 Å². The molecule has 0 atom stereocenters. The minimum atomic E-state index is -0.0908. The lowest BCUT2D eigenvalue weighted by Crippen LogP contribution is -2.22. The molecule has 0 saturated heterocycles. The molecular weight excluding hydrogens is 262 g/mol. The third-order valence-corrected chi connectivity index (χ3v) is 3.37. The largest absolute Gasteiger partial charge is 0.491 e. The number of hydrogen-bond acceptors (Lipinski definition) is 4. The summed E-state index contributed by atoms with van der Waals surface area (Å²) in [6.07, 6.45) is 0. The molecule has 2 N–H and O–H groups in total. The van der Waals surface area contributed by atoms with E-state index in [0.29, 0.717) is 17.2 Å². The van der Waals surface area contributed by atoms with Crippen molar-refractivity contribution >= 4 is 17.2 Å². The van der Waals surface area contributed by atoms with Crippen LogP contribution in [0.25, 0.3) is 0 Å². The van der Waals surface area contributed by atoms with Crippen molar-refractivity contribution in [2.45, 2.75) is 6.54 Å². The average molecular weight is 277 g/mol. The fraction of sp³-hybridized carbons (Fsp3) is 0.214. The van der Waals surface area contributed by atoms with Crippen LogP contribution in [0.4, 0.5) is 0 Å². The van der Waals surface area contributed by atoms with Gasteiger partial charge < -0.3 is 15.2 Å². The normalized spacial score (nSPS) is 10.2. The van der Waals surface area contributed by atoms with Gasteiger partial charge in [0.05, 0.1) is 11.5 Å². The lowest BCUT2D eigenvalue weighted by Gasteiger charge is -2.11. The van der Waals surface area contributed by atoms with Gasteiger partial charge in [0, 0.05) is 12.1 Å². The summed E-state index contributed by atoms with van der Waals surface area (Å²) in [5.41, 5.74) is 0.890. The standard InChI is InChI=1S/C14H15NO3S/c16-7-8-18-12-5-2-1-4-11(12)10-15-14(17)13-6-3-9-19-13/h1-6,9,16H,7-8,10H2,(H,15,17). The van der Waals surface area contributed by atoms with Crippen LogP contribution >= 0.6 is 11.3 Å². The summed E-state index contributed by atoms with van der Waals surface area (Å²) < 4.78 is 5.41. The first-order valence-electron chi connectivity index (χ1n) is 5.94. The van der Waals surface area contributed by atoms with Crippen molar-refractivity contribution in [1.29, 1.82) is 0 Å². The molecule has 1 aromatic carbocycles. The molecule has 19 heavy (non-hydrogen) atoms. The lowest BCUT2D eigenvalue weighted by molar-refractivity contribution is 0.0954. The van der Waals surface area contributed by atoms with Crippen LogP contribution in [-0.2, 0) is 6.54 Å². The molecule has 0 bridgehead atoms. The first-order valence-corrected chi connectivity index (χ1v) is 6.82. The molecule has 2 aromatic rings. The van der Waals surface area contributed by atoms with E-state index in [-0.39, 0.29) is 19.1 Å². The molecule has 0 aliphatic rings. The highest BCUT2D eigenvalue weighted by molar-refractivity contribution is 7.12. The number of nitrogens with one attached hydrogen (secondary N) is 1. The molecule has 1 amide bonds. The zero-order chi connectivity index (χ0) is 13.5. The second kappa shape index (κ2) is 6.92. The van der Waals surface area contributed by atoms with Crippen molar-refractivity contribution in [3.8, 4) is 5.75 Å². The number of aliphatic hydroxyl groups is 1. The molecule has 100 valence electrons. The molecule has 4 nitrogen and oxygen atoms in total.